The Hall–Kier alpha value is -3.31. The Kier molecular flexibility index (Phi) is 6.87. The second kappa shape index (κ2) is 9.75. The van der Waals surface area contributed by atoms with Crippen LogP contribution in [0, 0.1) is 5.41 Å². The normalized spacial score (nSPS) is 12.5. The number of Topliss-reactive ketones (excluding diaryl/α,β-unsaturated/α-hetero) is 1. The van der Waals surface area contributed by atoms with E-state index in [1.54, 1.807) is 7.11 Å². The maximum absolute atomic E-state index is 13.5. The van der Waals surface area contributed by atoms with Crippen LogP contribution in [0.1, 0.15) is 17.2 Å². The quantitative estimate of drug-likeness (QED) is 0.268. The van der Waals surface area contributed by atoms with Gasteiger partial charge in [0.05, 0.1) is 12.7 Å². The van der Waals surface area contributed by atoms with Gasteiger partial charge < -0.3 is 15.5 Å². The smallest absolute Gasteiger partial charge is 0.192 e. The van der Waals surface area contributed by atoms with Crippen LogP contribution in [0.2, 0.25) is 0 Å². The highest BCUT2D eigenvalue weighted by Gasteiger charge is 2.25. The third-order valence-electron chi connectivity index (χ3n) is 4.49. The SMILES string of the molecule is COc1cccc(NC(C(=O)/C(C=N)=C(/S)c2ccccc2)c2ccccc2)c1. The van der Waals surface area contributed by atoms with Gasteiger partial charge in [-0.15, -0.1) is 12.6 Å². The van der Waals surface area contributed by atoms with Crippen LogP contribution in [0.5, 0.6) is 5.75 Å². The number of ether oxygens (including phenoxy) is 1. The summed E-state index contributed by atoms with van der Waals surface area (Å²) in [6.45, 7) is 0. The first-order valence-electron chi connectivity index (χ1n) is 9.13. The van der Waals surface area contributed by atoms with Crippen molar-refractivity contribution in [1.29, 1.82) is 5.41 Å². The molecule has 29 heavy (non-hydrogen) atoms. The van der Waals surface area contributed by atoms with Crippen molar-refractivity contribution in [3.05, 3.63) is 102 Å². The number of hydrogen-bond acceptors (Lipinski definition) is 5. The zero-order chi connectivity index (χ0) is 20.6. The van der Waals surface area contributed by atoms with E-state index in [1.165, 1.54) is 0 Å². The molecular formula is C24H22N2O2S. The molecule has 4 nitrogen and oxygen atoms in total. The fraction of sp³-hybridized carbons (Fsp3) is 0.0833. The summed E-state index contributed by atoms with van der Waals surface area (Å²) in [6, 6.07) is 25.6. The summed E-state index contributed by atoms with van der Waals surface area (Å²) >= 11 is 4.56. The van der Waals surface area contributed by atoms with Gasteiger partial charge in [0.2, 0.25) is 0 Å². The van der Waals surface area contributed by atoms with E-state index >= 15 is 0 Å². The molecule has 0 aliphatic heterocycles. The van der Waals surface area contributed by atoms with Gasteiger partial charge in [0.25, 0.3) is 0 Å². The molecule has 0 spiro atoms. The molecule has 0 saturated heterocycles. The first-order valence-corrected chi connectivity index (χ1v) is 9.57. The minimum Gasteiger partial charge on any atom is -0.497 e. The molecule has 0 amide bonds. The van der Waals surface area contributed by atoms with E-state index in [4.69, 9.17) is 10.1 Å². The van der Waals surface area contributed by atoms with Crippen LogP contribution in [-0.4, -0.2) is 19.1 Å². The molecule has 1 atom stereocenters. The van der Waals surface area contributed by atoms with E-state index in [9.17, 15) is 4.79 Å². The van der Waals surface area contributed by atoms with Crippen molar-refractivity contribution in [3.8, 4) is 5.75 Å². The molecule has 0 aliphatic carbocycles. The number of hydrogen-bond donors (Lipinski definition) is 3. The predicted molar refractivity (Wildman–Crippen MR) is 122 cm³/mol. The highest BCUT2D eigenvalue weighted by molar-refractivity contribution is 7.90. The number of thiol groups is 1. The summed E-state index contributed by atoms with van der Waals surface area (Å²) < 4.78 is 5.28. The van der Waals surface area contributed by atoms with Gasteiger partial charge in [0, 0.05) is 22.9 Å². The van der Waals surface area contributed by atoms with Gasteiger partial charge in [0.1, 0.15) is 11.8 Å². The second-order valence-corrected chi connectivity index (χ2v) is 6.80. The number of anilines is 1. The number of carbonyl (C=O) groups excluding carboxylic acids is 1. The third-order valence-corrected chi connectivity index (χ3v) is 4.99. The van der Waals surface area contributed by atoms with Crippen LogP contribution in [0.3, 0.4) is 0 Å². The van der Waals surface area contributed by atoms with E-state index in [-0.39, 0.29) is 11.4 Å². The summed E-state index contributed by atoms with van der Waals surface area (Å²) in [5, 5.41) is 11.2. The zero-order valence-corrected chi connectivity index (χ0v) is 16.9. The lowest BCUT2D eigenvalue weighted by atomic mass is 9.95. The summed E-state index contributed by atoms with van der Waals surface area (Å²) in [5.41, 5.74) is 2.57. The average molecular weight is 403 g/mol. The highest BCUT2D eigenvalue weighted by atomic mass is 32.1. The number of rotatable bonds is 8. The Balaban J connectivity index is 2.03. The maximum Gasteiger partial charge on any atom is 0.192 e. The van der Waals surface area contributed by atoms with Crippen molar-refractivity contribution >= 4 is 35.2 Å². The highest BCUT2D eigenvalue weighted by Crippen LogP contribution is 2.29. The monoisotopic (exact) mass is 402 g/mol. The van der Waals surface area contributed by atoms with Crippen LogP contribution in [-0.2, 0) is 4.79 Å². The Morgan fingerprint density at radius 2 is 1.66 bits per heavy atom. The largest absolute Gasteiger partial charge is 0.497 e. The van der Waals surface area contributed by atoms with Gasteiger partial charge in [-0.3, -0.25) is 4.79 Å². The van der Waals surface area contributed by atoms with Crippen molar-refractivity contribution in [1.82, 2.24) is 0 Å². The molecule has 0 saturated carbocycles. The van der Waals surface area contributed by atoms with E-state index in [2.05, 4.69) is 17.9 Å². The summed E-state index contributed by atoms with van der Waals surface area (Å²) in [5.74, 6) is 0.458. The number of nitrogens with one attached hydrogen (secondary N) is 2. The molecule has 0 aromatic heterocycles. The Labute approximate surface area is 176 Å². The van der Waals surface area contributed by atoms with Crippen molar-refractivity contribution in [2.24, 2.45) is 0 Å². The lowest BCUT2D eigenvalue weighted by molar-refractivity contribution is -0.115. The maximum atomic E-state index is 13.5. The van der Waals surface area contributed by atoms with Gasteiger partial charge in [-0.05, 0) is 23.3 Å². The van der Waals surface area contributed by atoms with Crippen LogP contribution in [0.15, 0.2) is 90.5 Å². The number of ketones is 1. The molecule has 0 fully saturated rings. The predicted octanol–water partition coefficient (Wildman–Crippen LogP) is 5.41. The van der Waals surface area contributed by atoms with Gasteiger partial charge in [-0.2, -0.15) is 0 Å². The molecule has 2 N–H and O–H groups in total. The average Bonchev–Trinajstić information content (AvgIpc) is 2.79. The number of benzene rings is 3. The lowest BCUT2D eigenvalue weighted by Crippen LogP contribution is -2.23. The number of carbonyl (C=O) groups is 1. The first-order chi connectivity index (χ1) is 14.1. The van der Waals surface area contributed by atoms with Crippen LogP contribution in [0.25, 0.3) is 4.91 Å². The molecule has 3 aromatic rings. The summed E-state index contributed by atoms with van der Waals surface area (Å²) in [4.78, 5) is 14.0. The van der Waals surface area contributed by atoms with Crippen molar-refractivity contribution in [2.45, 2.75) is 6.04 Å². The molecule has 0 heterocycles. The Bertz CT molecular complexity index is 1020. The fourth-order valence-electron chi connectivity index (χ4n) is 2.99. The molecule has 0 bridgehead atoms. The Morgan fingerprint density at radius 3 is 2.28 bits per heavy atom. The molecule has 3 rings (SSSR count). The van der Waals surface area contributed by atoms with E-state index in [0.717, 1.165) is 23.0 Å². The van der Waals surface area contributed by atoms with E-state index in [0.29, 0.717) is 10.7 Å². The second-order valence-electron chi connectivity index (χ2n) is 6.36. The van der Waals surface area contributed by atoms with Crippen molar-refractivity contribution in [2.75, 3.05) is 12.4 Å². The standard InChI is InChI=1S/C24H22N2O2S/c1-28-20-14-8-13-19(15-20)26-22(17-9-4-2-5-10-17)23(27)21(16-25)24(29)18-11-6-3-7-12-18/h2-16,22,25-26,29H,1H3/b24-21+,25-16?. The molecule has 5 heteroatoms. The molecule has 0 aliphatic rings. The summed E-state index contributed by atoms with van der Waals surface area (Å²) in [7, 11) is 1.60. The van der Waals surface area contributed by atoms with Gasteiger partial charge in [0.15, 0.2) is 5.78 Å². The molecule has 1 unspecified atom stereocenters. The van der Waals surface area contributed by atoms with Crippen molar-refractivity contribution in [3.63, 3.8) is 0 Å². The lowest BCUT2D eigenvalue weighted by Gasteiger charge is -2.21. The van der Waals surface area contributed by atoms with Crippen LogP contribution < -0.4 is 10.1 Å². The molecule has 146 valence electrons. The zero-order valence-electron chi connectivity index (χ0n) is 16.0. The minimum absolute atomic E-state index is 0.233. The van der Waals surface area contributed by atoms with Crippen molar-refractivity contribution < 1.29 is 9.53 Å². The van der Waals surface area contributed by atoms with Gasteiger partial charge >= 0.3 is 0 Å². The third kappa shape index (κ3) is 4.95. The molecular weight excluding hydrogens is 380 g/mol. The van der Waals surface area contributed by atoms with Crippen LogP contribution >= 0.6 is 12.6 Å². The number of methoxy groups -OCH3 is 1. The Morgan fingerprint density at radius 1 is 1.00 bits per heavy atom. The fourth-order valence-corrected chi connectivity index (χ4v) is 3.31. The van der Waals surface area contributed by atoms with Crippen LogP contribution in [0.4, 0.5) is 5.69 Å². The van der Waals surface area contributed by atoms with Gasteiger partial charge in [-0.25, -0.2) is 0 Å². The van der Waals surface area contributed by atoms with E-state index < -0.39 is 6.04 Å². The minimum atomic E-state index is -0.675. The summed E-state index contributed by atoms with van der Waals surface area (Å²) in [6.07, 6.45) is 1.07. The van der Waals surface area contributed by atoms with E-state index in [1.807, 2.05) is 84.9 Å². The molecule has 3 aromatic carbocycles. The van der Waals surface area contributed by atoms with Gasteiger partial charge in [-0.1, -0.05) is 66.7 Å². The first kappa shape index (κ1) is 20.4. The molecule has 0 radical (unpaired) electrons. The topological polar surface area (TPSA) is 62.2 Å².